The molecule has 0 aliphatic rings. The van der Waals surface area contributed by atoms with E-state index in [0.29, 0.717) is 29.8 Å². The van der Waals surface area contributed by atoms with E-state index in [0.717, 1.165) is 22.3 Å². The second kappa shape index (κ2) is 11.2. The first-order chi connectivity index (χ1) is 14.6. The van der Waals surface area contributed by atoms with Gasteiger partial charge in [-0.25, -0.2) is 0 Å². The van der Waals surface area contributed by atoms with E-state index in [-0.39, 0.29) is 18.4 Å². The van der Waals surface area contributed by atoms with Crippen LogP contribution in [0.3, 0.4) is 0 Å². The molecule has 0 saturated carbocycles. The molecule has 0 unspecified atom stereocenters. The van der Waals surface area contributed by atoms with E-state index in [1.807, 2.05) is 52.8 Å². The number of carbonyl (C=O) groups excluding carboxylic acids is 2. The summed E-state index contributed by atoms with van der Waals surface area (Å²) >= 11 is 5.99. The molecule has 0 spiro atoms. The highest BCUT2D eigenvalue weighted by Gasteiger charge is 2.26. The number of ether oxygens (including phenoxy) is 1. The van der Waals surface area contributed by atoms with Crippen LogP contribution in [0.2, 0.25) is 5.02 Å². The third kappa shape index (κ3) is 7.28. The van der Waals surface area contributed by atoms with E-state index in [4.69, 9.17) is 16.3 Å². The van der Waals surface area contributed by atoms with Gasteiger partial charge in [-0.1, -0.05) is 43.6 Å². The van der Waals surface area contributed by atoms with Crippen LogP contribution in [0.1, 0.15) is 43.0 Å². The highest BCUT2D eigenvalue weighted by atomic mass is 35.5. The molecule has 6 heteroatoms. The minimum atomic E-state index is -0.633. The first kappa shape index (κ1) is 24.7. The maximum atomic E-state index is 13.1. The summed E-state index contributed by atoms with van der Waals surface area (Å²) in [6.07, 6.45) is 0. The summed E-state index contributed by atoms with van der Waals surface area (Å²) in [6, 6.07) is 10.6. The molecule has 2 rings (SSSR count). The predicted molar refractivity (Wildman–Crippen MR) is 125 cm³/mol. The minimum absolute atomic E-state index is 0.140. The summed E-state index contributed by atoms with van der Waals surface area (Å²) in [7, 11) is 0. The molecule has 0 bridgehead atoms. The van der Waals surface area contributed by atoms with E-state index in [9.17, 15) is 9.59 Å². The van der Waals surface area contributed by atoms with Gasteiger partial charge in [0.25, 0.3) is 5.91 Å². The van der Waals surface area contributed by atoms with Crippen LogP contribution in [-0.2, 0) is 16.1 Å². The molecular formula is C25H33ClN2O3. The van der Waals surface area contributed by atoms with Crippen LogP contribution < -0.4 is 10.1 Å². The van der Waals surface area contributed by atoms with Gasteiger partial charge in [0.15, 0.2) is 6.61 Å². The Morgan fingerprint density at radius 2 is 1.71 bits per heavy atom. The van der Waals surface area contributed by atoms with Crippen LogP contribution in [0.5, 0.6) is 5.75 Å². The molecule has 0 aliphatic heterocycles. The molecule has 0 aromatic heterocycles. The Morgan fingerprint density at radius 3 is 2.32 bits per heavy atom. The number of carbonyl (C=O) groups is 2. The third-order valence-electron chi connectivity index (χ3n) is 5.23. The summed E-state index contributed by atoms with van der Waals surface area (Å²) in [4.78, 5) is 27.4. The summed E-state index contributed by atoms with van der Waals surface area (Å²) in [5.41, 5.74) is 4.08. The molecule has 5 nitrogen and oxygen atoms in total. The SMILES string of the molecule is Cc1cc(C)c(C)c(OCC(=O)N(Cc2ccc(Cl)cc2)[C@H](C)C(=O)NCC(C)C)c1. The standard InChI is InChI=1S/C25H33ClN2O3/c1-16(2)13-27-25(30)20(6)28(14-21-7-9-22(26)10-8-21)24(29)15-31-23-12-17(3)11-18(4)19(23)5/h7-12,16,20H,13-15H2,1-6H3,(H,27,30)/t20-/m1/s1. The molecule has 1 N–H and O–H groups in total. The maximum Gasteiger partial charge on any atom is 0.261 e. The minimum Gasteiger partial charge on any atom is -0.483 e. The van der Waals surface area contributed by atoms with Gasteiger partial charge in [0, 0.05) is 18.1 Å². The smallest absolute Gasteiger partial charge is 0.261 e. The van der Waals surface area contributed by atoms with Gasteiger partial charge in [0.1, 0.15) is 11.8 Å². The van der Waals surface area contributed by atoms with Crippen LogP contribution >= 0.6 is 11.6 Å². The molecule has 0 aliphatic carbocycles. The molecule has 168 valence electrons. The molecule has 31 heavy (non-hydrogen) atoms. The van der Waals surface area contributed by atoms with Crippen molar-refractivity contribution < 1.29 is 14.3 Å². The van der Waals surface area contributed by atoms with Crippen molar-refractivity contribution in [2.24, 2.45) is 5.92 Å². The van der Waals surface area contributed by atoms with Gasteiger partial charge >= 0.3 is 0 Å². The van der Waals surface area contributed by atoms with E-state index >= 15 is 0 Å². The number of amides is 2. The van der Waals surface area contributed by atoms with Crippen molar-refractivity contribution in [2.45, 2.75) is 54.1 Å². The summed E-state index contributed by atoms with van der Waals surface area (Å²) < 4.78 is 5.88. The zero-order valence-corrected chi connectivity index (χ0v) is 20.0. The summed E-state index contributed by atoms with van der Waals surface area (Å²) in [5, 5.41) is 3.54. The Morgan fingerprint density at radius 1 is 1.06 bits per heavy atom. The van der Waals surface area contributed by atoms with E-state index in [2.05, 4.69) is 11.4 Å². The van der Waals surface area contributed by atoms with Crippen molar-refractivity contribution in [3.63, 3.8) is 0 Å². The van der Waals surface area contributed by atoms with Crippen LogP contribution in [0.25, 0.3) is 0 Å². The van der Waals surface area contributed by atoms with Crippen molar-refractivity contribution in [2.75, 3.05) is 13.2 Å². The maximum absolute atomic E-state index is 13.1. The topological polar surface area (TPSA) is 58.6 Å². The van der Waals surface area contributed by atoms with Crippen LogP contribution in [0, 0.1) is 26.7 Å². The predicted octanol–water partition coefficient (Wildman–Crippen LogP) is 4.83. The van der Waals surface area contributed by atoms with E-state index in [1.165, 1.54) is 0 Å². The Kier molecular flexibility index (Phi) is 8.93. The lowest BCUT2D eigenvalue weighted by Gasteiger charge is -2.29. The summed E-state index contributed by atoms with van der Waals surface area (Å²) in [6.45, 7) is 12.5. The fourth-order valence-corrected chi connectivity index (χ4v) is 3.32. The van der Waals surface area contributed by atoms with Gasteiger partial charge in [-0.15, -0.1) is 0 Å². The molecule has 2 amide bonds. The van der Waals surface area contributed by atoms with Crippen molar-refractivity contribution in [1.82, 2.24) is 10.2 Å². The van der Waals surface area contributed by atoms with Crippen LogP contribution in [0.4, 0.5) is 0 Å². The Balaban J connectivity index is 2.18. The number of nitrogens with zero attached hydrogens (tertiary/aromatic N) is 1. The average Bonchev–Trinajstić information content (AvgIpc) is 2.72. The van der Waals surface area contributed by atoms with Crippen LogP contribution in [0.15, 0.2) is 36.4 Å². The van der Waals surface area contributed by atoms with Gasteiger partial charge in [0.05, 0.1) is 0 Å². The van der Waals surface area contributed by atoms with E-state index in [1.54, 1.807) is 24.0 Å². The molecule has 2 aromatic rings. The first-order valence-corrected chi connectivity index (χ1v) is 11.0. The quantitative estimate of drug-likeness (QED) is 0.602. The van der Waals surface area contributed by atoms with Gasteiger partial charge < -0.3 is 15.0 Å². The van der Waals surface area contributed by atoms with Crippen molar-refractivity contribution in [3.05, 3.63) is 63.7 Å². The fourth-order valence-electron chi connectivity index (χ4n) is 3.19. The number of nitrogens with one attached hydrogen (secondary N) is 1. The molecule has 0 heterocycles. The van der Waals surface area contributed by atoms with Gasteiger partial charge in [-0.2, -0.15) is 0 Å². The number of hydrogen-bond acceptors (Lipinski definition) is 3. The summed E-state index contributed by atoms with van der Waals surface area (Å²) in [5.74, 6) is 0.584. The molecule has 0 saturated heterocycles. The zero-order valence-electron chi connectivity index (χ0n) is 19.3. The zero-order chi connectivity index (χ0) is 23.1. The normalized spacial score (nSPS) is 11.9. The highest BCUT2D eigenvalue weighted by Crippen LogP contribution is 2.23. The first-order valence-electron chi connectivity index (χ1n) is 10.6. The third-order valence-corrected chi connectivity index (χ3v) is 5.49. The van der Waals surface area contributed by atoms with Crippen molar-refractivity contribution in [3.8, 4) is 5.75 Å². The van der Waals surface area contributed by atoms with Gasteiger partial charge in [0.2, 0.25) is 5.91 Å². The lowest BCUT2D eigenvalue weighted by Crippen LogP contribution is -2.49. The molecule has 0 fully saturated rings. The molecule has 0 radical (unpaired) electrons. The Bertz CT molecular complexity index is 910. The number of rotatable bonds is 9. The monoisotopic (exact) mass is 444 g/mol. The second-order valence-electron chi connectivity index (χ2n) is 8.46. The van der Waals surface area contributed by atoms with Crippen molar-refractivity contribution >= 4 is 23.4 Å². The number of aryl methyl sites for hydroxylation is 2. The van der Waals surface area contributed by atoms with Gasteiger partial charge in [-0.3, -0.25) is 9.59 Å². The number of benzene rings is 2. The van der Waals surface area contributed by atoms with Crippen LogP contribution in [-0.4, -0.2) is 35.9 Å². The second-order valence-corrected chi connectivity index (χ2v) is 8.89. The average molecular weight is 445 g/mol. The fraction of sp³-hybridized carbons (Fsp3) is 0.440. The molecular weight excluding hydrogens is 412 g/mol. The van der Waals surface area contributed by atoms with E-state index < -0.39 is 6.04 Å². The van der Waals surface area contributed by atoms with Crippen molar-refractivity contribution in [1.29, 1.82) is 0 Å². The molecule has 2 aromatic carbocycles. The largest absolute Gasteiger partial charge is 0.483 e. The lowest BCUT2D eigenvalue weighted by atomic mass is 10.1. The highest BCUT2D eigenvalue weighted by molar-refractivity contribution is 6.30. The number of halogens is 1. The number of hydrogen-bond donors (Lipinski definition) is 1. The van der Waals surface area contributed by atoms with Gasteiger partial charge in [-0.05, 0) is 74.1 Å². The Labute approximate surface area is 190 Å². The molecule has 1 atom stereocenters. The Hall–Kier alpha value is -2.53. The lowest BCUT2D eigenvalue weighted by molar-refractivity contribution is -0.142.